The van der Waals surface area contributed by atoms with Crippen molar-refractivity contribution in [2.24, 2.45) is 0 Å². The number of rotatable bonds is 14. The van der Waals surface area contributed by atoms with Gasteiger partial charge in [-0.05, 0) is 53.9 Å². The van der Waals surface area contributed by atoms with Crippen LogP contribution in [0.5, 0.6) is 11.5 Å². The maximum absolute atomic E-state index is 13.3. The summed E-state index contributed by atoms with van der Waals surface area (Å²) in [6.45, 7) is 4.50. The molecule has 220 valence electrons. The highest BCUT2D eigenvalue weighted by molar-refractivity contribution is 7.10. The number of aliphatic carboxylic acids is 1. The van der Waals surface area contributed by atoms with E-state index in [9.17, 15) is 19.5 Å². The molecule has 0 fully saturated rings. The Balaban J connectivity index is 1.40. The van der Waals surface area contributed by atoms with Gasteiger partial charge in [0.15, 0.2) is 11.5 Å². The first-order valence-electron chi connectivity index (χ1n) is 13.5. The maximum atomic E-state index is 13.3. The van der Waals surface area contributed by atoms with E-state index < -0.39 is 30.2 Å². The van der Waals surface area contributed by atoms with Gasteiger partial charge in [0.1, 0.15) is 6.61 Å². The van der Waals surface area contributed by atoms with E-state index in [-0.39, 0.29) is 25.9 Å². The van der Waals surface area contributed by atoms with Gasteiger partial charge < -0.3 is 30.0 Å². The molecule has 3 atom stereocenters. The summed E-state index contributed by atoms with van der Waals surface area (Å²) in [4.78, 5) is 41.7. The van der Waals surface area contributed by atoms with Crippen LogP contribution in [0.2, 0.25) is 0 Å². The lowest BCUT2D eigenvalue weighted by molar-refractivity contribution is -0.137. The minimum absolute atomic E-state index is 0.0159. The molecule has 1 aliphatic heterocycles. The summed E-state index contributed by atoms with van der Waals surface area (Å²) < 4.78 is 16.5. The molecule has 4 rings (SSSR count). The summed E-state index contributed by atoms with van der Waals surface area (Å²) in [6, 6.07) is 10.9. The fourth-order valence-corrected chi connectivity index (χ4v) is 5.96. The summed E-state index contributed by atoms with van der Waals surface area (Å²) in [5.74, 6) is 0.00192. The summed E-state index contributed by atoms with van der Waals surface area (Å²) >= 11 is 3.15. The van der Waals surface area contributed by atoms with Crippen molar-refractivity contribution in [2.75, 3.05) is 13.4 Å². The topological polar surface area (TPSA) is 126 Å². The van der Waals surface area contributed by atoms with Gasteiger partial charge in [0.25, 0.3) is 0 Å². The fourth-order valence-electron chi connectivity index (χ4n) is 4.46. The zero-order valence-corrected chi connectivity index (χ0v) is 24.7. The molecule has 3 N–H and O–H groups in total. The average molecular weight is 602 g/mol. The molecule has 3 amide bonds. The van der Waals surface area contributed by atoms with Crippen molar-refractivity contribution < 1.29 is 33.7 Å². The van der Waals surface area contributed by atoms with Gasteiger partial charge in [-0.1, -0.05) is 38.0 Å². The number of carboxylic acids is 1. The molecule has 41 heavy (non-hydrogen) atoms. The number of nitrogens with zero attached hydrogens (tertiary/aromatic N) is 1. The van der Waals surface area contributed by atoms with Crippen molar-refractivity contribution in [1.29, 1.82) is 0 Å². The number of thiophene rings is 2. The Labute approximate surface area is 247 Å². The number of hydrogen-bond acceptors (Lipinski definition) is 8. The first kappa shape index (κ1) is 30.2. The van der Waals surface area contributed by atoms with Gasteiger partial charge in [-0.2, -0.15) is 0 Å². The second-order valence-electron chi connectivity index (χ2n) is 9.70. The number of fused-ring (bicyclic) bond motifs is 1. The average Bonchev–Trinajstić information content (AvgIpc) is 3.74. The van der Waals surface area contributed by atoms with Crippen molar-refractivity contribution in [2.45, 2.75) is 64.2 Å². The molecule has 0 aliphatic carbocycles. The number of carbonyl (C=O) groups is 3. The molecule has 0 radical (unpaired) electrons. The first-order valence-corrected chi connectivity index (χ1v) is 15.3. The van der Waals surface area contributed by atoms with E-state index in [0.717, 1.165) is 22.6 Å². The lowest BCUT2D eigenvalue weighted by Gasteiger charge is -2.29. The van der Waals surface area contributed by atoms with Gasteiger partial charge in [0, 0.05) is 9.75 Å². The Morgan fingerprint density at radius 2 is 1.85 bits per heavy atom. The lowest BCUT2D eigenvalue weighted by atomic mass is 10.0. The zero-order valence-electron chi connectivity index (χ0n) is 23.0. The van der Waals surface area contributed by atoms with Crippen molar-refractivity contribution in [3.63, 3.8) is 0 Å². The molecule has 10 nitrogen and oxygen atoms in total. The van der Waals surface area contributed by atoms with Crippen LogP contribution in [-0.4, -0.2) is 47.5 Å². The number of nitrogens with one attached hydrogen (secondary N) is 2. The van der Waals surface area contributed by atoms with Gasteiger partial charge >= 0.3 is 18.1 Å². The number of carbonyl (C=O) groups excluding carboxylic acids is 2. The molecular weight excluding hydrogens is 566 g/mol. The van der Waals surface area contributed by atoms with Crippen LogP contribution in [0.1, 0.15) is 66.9 Å². The van der Waals surface area contributed by atoms with Crippen molar-refractivity contribution in [1.82, 2.24) is 15.5 Å². The minimum atomic E-state index is -1.06. The molecular formula is C29H35N3O7S2. The summed E-state index contributed by atoms with van der Waals surface area (Å²) in [5.41, 5.74) is 0.579. The van der Waals surface area contributed by atoms with Gasteiger partial charge in [0.2, 0.25) is 6.79 Å². The third kappa shape index (κ3) is 8.61. The second-order valence-corrected chi connectivity index (χ2v) is 11.7. The number of benzene rings is 1. The summed E-state index contributed by atoms with van der Waals surface area (Å²) in [6.07, 6.45) is 1.52. The predicted molar refractivity (Wildman–Crippen MR) is 156 cm³/mol. The predicted octanol–water partition coefficient (Wildman–Crippen LogP) is 6.31. The highest BCUT2D eigenvalue weighted by Gasteiger charge is 2.27. The molecule has 3 heterocycles. The van der Waals surface area contributed by atoms with Crippen molar-refractivity contribution in [3.05, 3.63) is 68.5 Å². The highest BCUT2D eigenvalue weighted by atomic mass is 32.1. The third-order valence-corrected chi connectivity index (χ3v) is 8.60. The molecule has 12 heteroatoms. The Morgan fingerprint density at radius 1 is 1.07 bits per heavy atom. The van der Waals surface area contributed by atoms with E-state index in [1.54, 1.807) is 45.8 Å². The Kier molecular flexibility index (Phi) is 10.9. The largest absolute Gasteiger partial charge is 0.481 e. The molecule has 0 saturated heterocycles. The quantitative estimate of drug-likeness (QED) is 0.198. The van der Waals surface area contributed by atoms with Crippen LogP contribution in [0.3, 0.4) is 0 Å². The monoisotopic (exact) mass is 601 g/mol. The number of unbranched alkanes of at least 4 members (excludes halogenated alkanes) is 1. The summed E-state index contributed by atoms with van der Waals surface area (Å²) in [7, 11) is 0. The van der Waals surface area contributed by atoms with E-state index in [4.69, 9.17) is 14.2 Å². The Hall–Kier alpha value is -3.77. The molecule has 0 saturated carbocycles. The number of amides is 3. The smallest absolute Gasteiger partial charge is 0.410 e. The van der Waals surface area contributed by atoms with E-state index >= 15 is 0 Å². The molecule has 0 spiro atoms. The van der Waals surface area contributed by atoms with E-state index in [1.807, 2.05) is 48.9 Å². The SMILES string of the molecule is CCCC[C@H](COC(=O)N(Cc1cccs1)C(C)c1cccs1)NC(=O)N[C@H](CC(=O)O)c1ccc2c(c1)OCO2. The van der Waals surface area contributed by atoms with Crippen LogP contribution in [-0.2, 0) is 16.1 Å². The van der Waals surface area contributed by atoms with Gasteiger partial charge in [0.05, 0.1) is 31.1 Å². The zero-order chi connectivity index (χ0) is 29.2. The number of carboxylic acid groups (broad SMARTS) is 1. The van der Waals surface area contributed by atoms with Crippen LogP contribution in [0.25, 0.3) is 0 Å². The van der Waals surface area contributed by atoms with Crippen LogP contribution in [0.15, 0.2) is 53.2 Å². The van der Waals surface area contributed by atoms with Crippen LogP contribution in [0, 0.1) is 0 Å². The molecule has 1 unspecified atom stereocenters. The summed E-state index contributed by atoms with van der Waals surface area (Å²) in [5, 5.41) is 19.1. The molecule has 3 aromatic rings. The number of urea groups is 1. The van der Waals surface area contributed by atoms with Crippen LogP contribution < -0.4 is 20.1 Å². The normalized spacial score (nSPS) is 14.1. The van der Waals surface area contributed by atoms with Gasteiger partial charge in [-0.15, -0.1) is 22.7 Å². The van der Waals surface area contributed by atoms with Crippen molar-refractivity contribution >= 4 is 40.8 Å². The minimum Gasteiger partial charge on any atom is -0.481 e. The fraction of sp³-hybridized carbons (Fsp3) is 0.414. The third-order valence-electron chi connectivity index (χ3n) is 6.70. The first-order chi connectivity index (χ1) is 19.8. The molecule has 2 aromatic heterocycles. The standard InChI is InChI=1S/C29H35N3O7S2/c1-3-4-7-21(17-37-29(36)32(16-22-8-5-12-40-22)19(2)26-9-6-13-41-26)30-28(35)31-23(15-27(33)34)20-10-11-24-25(14-20)39-18-38-24/h5-6,8-14,19,21,23H,3-4,7,15-18H2,1-2H3,(H,33,34)(H2,30,31,35)/t19?,21-,23-/m1/s1. The van der Waals surface area contributed by atoms with Crippen molar-refractivity contribution in [3.8, 4) is 11.5 Å². The van der Waals surface area contributed by atoms with Gasteiger partial charge in [-0.25, -0.2) is 9.59 Å². The number of hydrogen-bond donors (Lipinski definition) is 3. The molecule has 1 aliphatic rings. The van der Waals surface area contributed by atoms with Crippen LogP contribution >= 0.6 is 22.7 Å². The molecule has 0 bridgehead atoms. The number of ether oxygens (including phenoxy) is 3. The highest BCUT2D eigenvalue weighted by Crippen LogP contribution is 2.35. The van der Waals surface area contributed by atoms with Crippen LogP contribution in [0.4, 0.5) is 9.59 Å². The van der Waals surface area contributed by atoms with Gasteiger partial charge in [-0.3, -0.25) is 9.69 Å². The van der Waals surface area contributed by atoms with E-state index in [0.29, 0.717) is 30.0 Å². The maximum Gasteiger partial charge on any atom is 0.410 e. The Bertz CT molecular complexity index is 1280. The molecule has 1 aromatic carbocycles. The second kappa shape index (κ2) is 14.7. The Morgan fingerprint density at radius 3 is 2.56 bits per heavy atom. The lowest BCUT2D eigenvalue weighted by Crippen LogP contribution is -2.46. The van der Waals surface area contributed by atoms with E-state index in [2.05, 4.69) is 10.6 Å². The van der Waals surface area contributed by atoms with E-state index in [1.165, 1.54) is 0 Å².